The van der Waals surface area contributed by atoms with E-state index >= 15 is 0 Å². The highest BCUT2D eigenvalue weighted by Crippen LogP contribution is 2.18. The summed E-state index contributed by atoms with van der Waals surface area (Å²) in [7, 11) is 0. The Morgan fingerprint density at radius 2 is 2.36 bits per heavy atom. The van der Waals surface area contributed by atoms with E-state index in [2.05, 4.69) is 16.8 Å². The highest BCUT2D eigenvalue weighted by molar-refractivity contribution is 6.17. The molecule has 0 saturated heterocycles. The summed E-state index contributed by atoms with van der Waals surface area (Å²) >= 11 is 5.69. The Balaban J connectivity index is 2.94. The van der Waals surface area contributed by atoms with E-state index in [0.717, 1.165) is 5.69 Å². The molecule has 0 N–H and O–H groups in total. The zero-order valence-electron chi connectivity index (χ0n) is 8.16. The predicted molar refractivity (Wildman–Crippen MR) is 56.7 cm³/mol. The summed E-state index contributed by atoms with van der Waals surface area (Å²) in [5.41, 5.74) is 1.53. The molecule has 0 spiro atoms. The molecule has 0 aliphatic rings. The van der Waals surface area contributed by atoms with Gasteiger partial charge in [-0.2, -0.15) is 10.2 Å². The lowest BCUT2D eigenvalue weighted by Gasteiger charge is -2.07. The minimum Gasteiger partial charge on any atom is -0.492 e. The van der Waals surface area contributed by atoms with Crippen LogP contribution in [0.4, 0.5) is 0 Å². The fourth-order valence-electron chi connectivity index (χ4n) is 1.06. The standard InChI is InChI=1S/C10H13ClN2O/c1-3-5-8-6-10(14-4-2)9(7-11)13-12-8/h3,6H,1,4-5,7H2,2H3. The van der Waals surface area contributed by atoms with Crippen LogP contribution < -0.4 is 4.74 Å². The van der Waals surface area contributed by atoms with Crippen molar-refractivity contribution in [2.24, 2.45) is 0 Å². The summed E-state index contributed by atoms with van der Waals surface area (Å²) in [6.45, 7) is 6.16. The van der Waals surface area contributed by atoms with Crippen LogP contribution in [0.5, 0.6) is 5.75 Å². The SMILES string of the molecule is C=CCc1cc(OCC)c(CCl)nn1. The molecule has 3 nitrogen and oxygen atoms in total. The van der Waals surface area contributed by atoms with Gasteiger partial charge < -0.3 is 4.74 Å². The molecule has 1 heterocycles. The van der Waals surface area contributed by atoms with E-state index in [1.54, 1.807) is 6.08 Å². The fraction of sp³-hybridized carbons (Fsp3) is 0.400. The molecular formula is C10H13ClN2O. The van der Waals surface area contributed by atoms with Crippen molar-refractivity contribution in [2.75, 3.05) is 6.61 Å². The Morgan fingerprint density at radius 1 is 1.57 bits per heavy atom. The van der Waals surface area contributed by atoms with Crippen LogP contribution in [0.1, 0.15) is 18.3 Å². The maximum Gasteiger partial charge on any atom is 0.145 e. The molecule has 4 heteroatoms. The maximum atomic E-state index is 5.69. The molecule has 0 bridgehead atoms. The van der Waals surface area contributed by atoms with Gasteiger partial charge in [-0.1, -0.05) is 6.08 Å². The summed E-state index contributed by atoms with van der Waals surface area (Å²) in [6, 6.07) is 1.86. The molecule has 14 heavy (non-hydrogen) atoms. The van der Waals surface area contributed by atoms with Gasteiger partial charge in [0.1, 0.15) is 11.4 Å². The third kappa shape index (κ3) is 2.70. The highest BCUT2D eigenvalue weighted by atomic mass is 35.5. The Kier molecular flexibility index (Phi) is 4.40. The molecule has 1 aromatic rings. The summed E-state index contributed by atoms with van der Waals surface area (Å²) in [5, 5.41) is 7.98. The second kappa shape index (κ2) is 5.60. The third-order valence-corrected chi connectivity index (χ3v) is 1.91. The smallest absolute Gasteiger partial charge is 0.145 e. The molecule has 76 valence electrons. The summed E-state index contributed by atoms with van der Waals surface area (Å²) in [5.74, 6) is 1.03. The lowest BCUT2D eigenvalue weighted by molar-refractivity contribution is 0.334. The first kappa shape index (κ1) is 11.0. The molecule has 0 fully saturated rings. The number of allylic oxidation sites excluding steroid dienone is 1. The fourth-order valence-corrected chi connectivity index (χ4v) is 1.24. The van der Waals surface area contributed by atoms with E-state index in [9.17, 15) is 0 Å². The van der Waals surface area contributed by atoms with E-state index in [-0.39, 0.29) is 0 Å². The lowest BCUT2D eigenvalue weighted by Crippen LogP contribution is -2.02. The number of nitrogens with zero attached hydrogens (tertiary/aromatic N) is 2. The summed E-state index contributed by atoms with van der Waals surface area (Å²) in [6.07, 6.45) is 2.47. The monoisotopic (exact) mass is 212 g/mol. The van der Waals surface area contributed by atoms with Crippen LogP contribution >= 0.6 is 11.6 Å². The van der Waals surface area contributed by atoms with Gasteiger partial charge in [-0.25, -0.2) is 0 Å². The van der Waals surface area contributed by atoms with Gasteiger partial charge in [0, 0.05) is 12.5 Å². The quantitative estimate of drug-likeness (QED) is 0.555. The van der Waals surface area contributed by atoms with Crippen molar-refractivity contribution in [3.8, 4) is 5.75 Å². The van der Waals surface area contributed by atoms with Gasteiger partial charge in [0.05, 0.1) is 18.2 Å². The van der Waals surface area contributed by atoms with Crippen molar-refractivity contribution in [2.45, 2.75) is 19.2 Å². The van der Waals surface area contributed by atoms with Crippen molar-refractivity contribution in [3.05, 3.63) is 30.1 Å². The maximum absolute atomic E-state index is 5.69. The van der Waals surface area contributed by atoms with Crippen molar-refractivity contribution in [3.63, 3.8) is 0 Å². The molecular weight excluding hydrogens is 200 g/mol. The first-order valence-corrected chi connectivity index (χ1v) is 5.00. The number of aromatic nitrogens is 2. The van der Waals surface area contributed by atoms with E-state index in [0.29, 0.717) is 30.4 Å². The van der Waals surface area contributed by atoms with Crippen molar-refractivity contribution >= 4 is 11.6 Å². The average molecular weight is 213 g/mol. The predicted octanol–water partition coefficient (Wildman–Crippen LogP) is 2.34. The van der Waals surface area contributed by atoms with Crippen molar-refractivity contribution in [1.29, 1.82) is 0 Å². The van der Waals surface area contributed by atoms with E-state index in [4.69, 9.17) is 16.3 Å². The first-order valence-electron chi connectivity index (χ1n) is 4.47. The number of rotatable bonds is 5. The van der Waals surface area contributed by atoms with E-state index < -0.39 is 0 Å². The summed E-state index contributed by atoms with van der Waals surface area (Å²) in [4.78, 5) is 0. The number of halogens is 1. The third-order valence-electron chi connectivity index (χ3n) is 1.66. The zero-order chi connectivity index (χ0) is 10.4. The second-order valence-electron chi connectivity index (χ2n) is 2.71. The molecule has 0 aliphatic carbocycles. The van der Waals surface area contributed by atoms with Crippen LogP contribution in [-0.2, 0) is 12.3 Å². The van der Waals surface area contributed by atoms with Crippen LogP contribution in [0.15, 0.2) is 18.7 Å². The topological polar surface area (TPSA) is 35.0 Å². The van der Waals surface area contributed by atoms with Gasteiger partial charge in [0.25, 0.3) is 0 Å². The molecule has 0 saturated carbocycles. The largest absolute Gasteiger partial charge is 0.492 e. The van der Waals surface area contributed by atoms with Crippen LogP contribution in [0, 0.1) is 0 Å². The molecule has 0 radical (unpaired) electrons. The lowest BCUT2D eigenvalue weighted by atomic mass is 10.2. The van der Waals surface area contributed by atoms with Crippen LogP contribution in [0.25, 0.3) is 0 Å². The van der Waals surface area contributed by atoms with Gasteiger partial charge in [-0.3, -0.25) is 0 Å². The Labute approximate surface area is 88.8 Å². The average Bonchev–Trinajstić information content (AvgIpc) is 2.19. The Morgan fingerprint density at radius 3 is 2.93 bits per heavy atom. The van der Waals surface area contributed by atoms with Gasteiger partial charge in [-0.05, 0) is 6.92 Å². The molecule has 0 aliphatic heterocycles. The molecule has 0 unspecified atom stereocenters. The van der Waals surface area contributed by atoms with Crippen molar-refractivity contribution in [1.82, 2.24) is 10.2 Å². The summed E-state index contributed by atoms with van der Waals surface area (Å²) < 4.78 is 5.39. The number of hydrogen-bond donors (Lipinski definition) is 0. The zero-order valence-corrected chi connectivity index (χ0v) is 8.92. The molecule has 0 aromatic carbocycles. The minimum absolute atomic E-state index is 0.316. The number of alkyl halides is 1. The number of ether oxygens (including phenoxy) is 1. The molecule has 1 rings (SSSR count). The Bertz CT molecular complexity index is 315. The first-order chi connectivity index (χ1) is 6.81. The van der Waals surface area contributed by atoms with Gasteiger partial charge in [0.15, 0.2) is 0 Å². The Hall–Kier alpha value is -1.09. The van der Waals surface area contributed by atoms with E-state index in [1.165, 1.54) is 0 Å². The van der Waals surface area contributed by atoms with Crippen LogP contribution in [0.2, 0.25) is 0 Å². The minimum atomic E-state index is 0.316. The van der Waals surface area contributed by atoms with Gasteiger partial charge in [0.2, 0.25) is 0 Å². The van der Waals surface area contributed by atoms with E-state index in [1.807, 2.05) is 13.0 Å². The second-order valence-corrected chi connectivity index (χ2v) is 2.97. The van der Waals surface area contributed by atoms with Crippen LogP contribution in [0.3, 0.4) is 0 Å². The molecule has 1 aromatic heterocycles. The molecule has 0 amide bonds. The van der Waals surface area contributed by atoms with Crippen molar-refractivity contribution < 1.29 is 4.74 Å². The van der Waals surface area contributed by atoms with Gasteiger partial charge >= 0.3 is 0 Å². The van der Waals surface area contributed by atoms with Crippen LogP contribution in [-0.4, -0.2) is 16.8 Å². The number of hydrogen-bond acceptors (Lipinski definition) is 3. The highest BCUT2D eigenvalue weighted by Gasteiger charge is 2.06. The molecule has 0 atom stereocenters. The van der Waals surface area contributed by atoms with Gasteiger partial charge in [-0.15, -0.1) is 18.2 Å². The normalized spacial score (nSPS) is 9.86.